The molecule has 8 heteroatoms. The number of aryl methyl sites for hydroxylation is 2. The van der Waals surface area contributed by atoms with Crippen LogP contribution in [0.1, 0.15) is 16.7 Å². The summed E-state index contributed by atoms with van der Waals surface area (Å²) in [5.41, 5.74) is 5.37. The quantitative estimate of drug-likeness (QED) is 0.649. The first-order valence-corrected chi connectivity index (χ1v) is 8.14. The molecule has 1 heterocycles. The zero-order valence-electron chi connectivity index (χ0n) is 11.2. The normalized spacial score (nSPS) is 13.3. The Hall–Kier alpha value is -0.960. The van der Waals surface area contributed by atoms with Crippen molar-refractivity contribution in [1.29, 1.82) is 0 Å². The van der Waals surface area contributed by atoms with E-state index in [2.05, 4.69) is 10.0 Å². The third-order valence-electron chi connectivity index (χ3n) is 2.41. The summed E-state index contributed by atoms with van der Waals surface area (Å²) in [6.07, 6.45) is 0. The van der Waals surface area contributed by atoms with Crippen LogP contribution in [-0.4, -0.2) is 33.5 Å². The van der Waals surface area contributed by atoms with Gasteiger partial charge in [-0.1, -0.05) is 0 Å². The van der Waals surface area contributed by atoms with E-state index in [9.17, 15) is 13.2 Å². The molecule has 19 heavy (non-hydrogen) atoms. The Labute approximate surface area is 117 Å². The van der Waals surface area contributed by atoms with Gasteiger partial charge in [-0.2, -0.15) is 0 Å². The van der Waals surface area contributed by atoms with E-state index < -0.39 is 16.1 Å². The molecular weight excluding hydrogens is 286 g/mol. The highest BCUT2D eigenvalue weighted by Gasteiger charge is 2.18. The molecule has 4 N–H and O–H groups in total. The lowest BCUT2D eigenvalue weighted by Crippen LogP contribution is -2.42. The summed E-state index contributed by atoms with van der Waals surface area (Å²) < 4.78 is 26.5. The Morgan fingerprint density at radius 2 is 2.05 bits per heavy atom. The average molecular weight is 305 g/mol. The summed E-state index contributed by atoms with van der Waals surface area (Å²) in [5, 5.41) is 2.54. The van der Waals surface area contributed by atoms with Crippen LogP contribution in [-0.2, 0) is 14.8 Å². The Morgan fingerprint density at radius 3 is 2.53 bits per heavy atom. The molecule has 0 aliphatic rings. The van der Waals surface area contributed by atoms with Gasteiger partial charge in [0, 0.05) is 22.8 Å². The number of nitrogens with two attached hydrogens (primary N) is 1. The van der Waals surface area contributed by atoms with Gasteiger partial charge in [0.25, 0.3) is 0 Å². The molecule has 0 aliphatic carbocycles. The molecule has 0 fully saturated rings. The molecular formula is C11H19N3O3S2. The Morgan fingerprint density at radius 1 is 1.42 bits per heavy atom. The van der Waals surface area contributed by atoms with Crippen LogP contribution in [0.2, 0.25) is 0 Å². The van der Waals surface area contributed by atoms with Crippen LogP contribution in [0.25, 0.3) is 0 Å². The van der Waals surface area contributed by atoms with Crippen molar-refractivity contribution in [2.24, 2.45) is 5.73 Å². The third-order valence-corrected chi connectivity index (χ3v) is 5.10. The summed E-state index contributed by atoms with van der Waals surface area (Å²) in [6, 6.07) is 1.04. The lowest BCUT2D eigenvalue weighted by Gasteiger charge is -2.09. The van der Waals surface area contributed by atoms with E-state index in [1.165, 1.54) is 11.3 Å². The summed E-state index contributed by atoms with van der Waals surface area (Å²) in [7, 11) is -3.51. The molecule has 0 spiro atoms. The van der Waals surface area contributed by atoms with Crippen molar-refractivity contribution in [1.82, 2.24) is 10.0 Å². The van der Waals surface area contributed by atoms with Gasteiger partial charge in [0.2, 0.25) is 15.9 Å². The Kier molecular flexibility index (Phi) is 5.48. The highest BCUT2D eigenvalue weighted by molar-refractivity contribution is 7.89. The molecule has 1 amide bonds. The minimum atomic E-state index is -3.51. The number of amides is 1. The monoisotopic (exact) mass is 305 g/mol. The van der Waals surface area contributed by atoms with E-state index in [1.807, 2.05) is 6.92 Å². The number of hydrogen-bond acceptors (Lipinski definition) is 5. The van der Waals surface area contributed by atoms with Gasteiger partial charge in [-0.3, -0.25) is 4.79 Å². The summed E-state index contributed by atoms with van der Waals surface area (Å²) in [5.74, 6) is -0.304. The van der Waals surface area contributed by atoms with Crippen molar-refractivity contribution < 1.29 is 13.2 Å². The van der Waals surface area contributed by atoms with Gasteiger partial charge in [-0.15, -0.1) is 11.3 Å². The molecule has 0 saturated carbocycles. The van der Waals surface area contributed by atoms with Crippen molar-refractivity contribution in [3.63, 3.8) is 0 Å². The predicted octanol–water partition coefficient (Wildman–Crippen LogP) is 0.107. The number of thiophene rings is 1. The van der Waals surface area contributed by atoms with Gasteiger partial charge in [0.15, 0.2) is 0 Å². The molecule has 1 atom stereocenters. The highest BCUT2D eigenvalue weighted by Crippen LogP contribution is 2.24. The SMILES string of the molecule is Cc1cc(S(=O)(=O)NCCNC(=O)C(C)N)c(C)s1. The van der Waals surface area contributed by atoms with Crippen LogP contribution < -0.4 is 15.8 Å². The first-order valence-electron chi connectivity index (χ1n) is 5.84. The molecule has 1 aromatic heterocycles. The molecule has 0 aliphatic heterocycles. The zero-order valence-corrected chi connectivity index (χ0v) is 12.8. The van der Waals surface area contributed by atoms with E-state index in [4.69, 9.17) is 5.73 Å². The number of sulfonamides is 1. The van der Waals surface area contributed by atoms with Gasteiger partial charge >= 0.3 is 0 Å². The second kappa shape index (κ2) is 6.47. The third kappa shape index (κ3) is 4.57. The number of hydrogen-bond donors (Lipinski definition) is 3. The molecule has 0 saturated heterocycles. The van der Waals surface area contributed by atoms with Crippen LogP contribution in [0.4, 0.5) is 0 Å². The van der Waals surface area contributed by atoms with Gasteiger partial charge in [0.1, 0.15) is 0 Å². The summed E-state index contributed by atoms with van der Waals surface area (Å²) in [6.45, 7) is 5.54. The maximum Gasteiger partial charge on any atom is 0.241 e. The van der Waals surface area contributed by atoms with Gasteiger partial charge in [0.05, 0.1) is 10.9 Å². The lowest BCUT2D eigenvalue weighted by molar-refractivity contribution is -0.121. The fraction of sp³-hybridized carbons (Fsp3) is 0.545. The molecule has 0 radical (unpaired) electrons. The van der Waals surface area contributed by atoms with Crippen LogP contribution in [0.15, 0.2) is 11.0 Å². The molecule has 1 aromatic rings. The minimum Gasteiger partial charge on any atom is -0.353 e. The maximum absolute atomic E-state index is 12.0. The van der Waals surface area contributed by atoms with Crippen molar-refractivity contribution >= 4 is 27.3 Å². The second-order valence-corrected chi connectivity index (χ2v) is 7.45. The molecule has 0 bridgehead atoms. The topological polar surface area (TPSA) is 101 Å². The van der Waals surface area contributed by atoms with E-state index in [1.54, 1.807) is 19.9 Å². The first kappa shape index (κ1) is 16.1. The van der Waals surface area contributed by atoms with E-state index in [0.717, 1.165) is 9.75 Å². The van der Waals surface area contributed by atoms with Gasteiger partial charge < -0.3 is 11.1 Å². The number of rotatable bonds is 6. The first-order chi connectivity index (χ1) is 8.74. The zero-order chi connectivity index (χ0) is 14.6. The molecule has 0 aromatic carbocycles. The Bertz CT molecular complexity index is 550. The number of carbonyl (C=O) groups excluding carboxylic acids is 1. The van der Waals surface area contributed by atoms with Crippen molar-refractivity contribution in [3.05, 3.63) is 15.8 Å². The number of carbonyl (C=O) groups is 1. The van der Waals surface area contributed by atoms with Crippen molar-refractivity contribution in [2.75, 3.05) is 13.1 Å². The lowest BCUT2D eigenvalue weighted by atomic mass is 10.3. The van der Waals surface area contributed by atoms with Gasteiger partial charge in [-0.05, 0) is 26.8 Å². The van der Waals surface area contributed by atoms with Crippen molar-refractivity contribution in [3.8, 4) is 0 Å². The van der Waals surface area contributed by atoms with Crippen LogP contribution in [0.3, 0.4) is 0 Å². The molecule has 1 unspecified atom stereocenters. The fourth-order valence-electron chi connectivity index (χ4n) is 1.48. The fourth-order valence-corrected chi connectivity index (χ4v) is 4.07. The number of nitrogens with one attached hydrogen (secondary N) is 2. The Balaban J connectivity index is 2.53. The smallest absolute Gasteiger partial charge is 0.241 e. The van der Waals surface area contributed by atoms with Crippen LogP contribution in [0.5, 0.6) is 0 Å². The van der Waals surface area contributed by atoms with Gasteiger partial charge in [-0.25, -0.2) is 13.1 Å². The van der Waals surface area contributed by atoms with Crippen LogP contribution in [0, 0.1) is 13.8 Å². The van der Waals surface area contributed by atoms with Crippen LogP contribution >= 0.6 is 11.3 Å². The standard InChI is InChI=1S/C11H19N3O3S2/c1-7-6-10(9(3)18-7)19(16,17)14-5-4-13-11(15)8(2)12/h6,8,14H,4-5,12H2,1-3H3,(H,13,15). The predicted molar refractivity (Wildman–Crippen MR) is 75.6 cm³/mol. The molecule has 108 valence electrons. The van der Waals surface area contributed by atoms with E-state index >= 15 is 0 Å². The molecule has 6 nitrogen and oxygen atoms in total. The maximum atomic E-state index is 12.0. The summed E-state index contributed by atoms with van der Waals surface area (Å²) >= 11 is 1.44. The summed E-state index contributed by atoms with van der Waals surface area (Å²) in [4.78, 5) is 13.2. The largest absolute Gasteiger partial charge is 0.353 e. The minimum absolute atomic E-state index is 0.134. The second-order valence-electron chi connectivity index (χ2n) is 4.25. The highest BCUT2D eigenvalue weighted by atomic mass is 32.2. The molecule has 1 rings (SSSR count). The van der Waals surface area contributed by atoms with E-state index in [0.29, 0.717) is 4.90 Å². The average Bonchev–Trinajstić information content (AvgIpc) is 2.64. The van der Waals surface area contributed by atoms with Crippen molar-refractivity contribution in [2.45, 2.75) is 31.7 Å². The van der Waals surface area contributed by atoms with E-state index in [-0.39, 0.29) is 19.0 Å².